The molecule has 0 aliphatic heterocycles. The second-order valence-corrected chi connectivity index (χ2v) is 6.26. The van der Waals surface area contributed by atoms with Gasteiger partial charge in [0.1, 0.15) is 5.69 Å². The summed E-state index contributed by atoms with van der Waals surface area (Å²) in [6.45, 7) is 9.31. The van der Waals surface area contributed by atoms with Crippen LogP contribution in [0, 0.1) is 11.3 Å². The first-order valence-corrected chi connectivity index (χ1v) is 6.57. The minimum Gasteiger partial charge on any atom is -0.397 e. The van der Waals surface area contributed by atoms with Crippen molar-refractivity contribution in [2.24, 2.45) is 11.3 Å². The standard InChI is InChI=1S/C14H23N3O/c1-9(2)17-8-11(15)5-12(17)13(18)16-7-10-6-14(10,3)4/h5,8-10H,6-7,15H2,1-4H3,(H,16,18). The fourth-order valence-electron chi connectivity index (χ4n) is 2.34. The summed E-state index contributed by atoms with van der Waals surface area (Å²) in [5, 5.41) is 3.01. The number of nitrogen functional groups attached to an aromatic ring is 1. The molecule has 1 heterocycles. The second-order valence-electron chi connectivity index (χ2n) is 6.26. The Morgan fingerprint density at radius 1 is 1.61 bits per heavy atom. The van der Waals surface area contributed by atoms with Crippen molar-refractivity contribution in [3.05, 3.63) is 18.0 Å². The highest BCUT2D eigenvalue weighted by Crippen LogP contribution is 2.50. The maximum atomic E-state index is 12.1. The van der Waals surface area contributed by atoms with Crippen molar-refractivity contribution in [1.82, 2.24) is 9.88 Å². The van der Waals surface area contributed by atoms with Gasteiger partial charge in [0, 0.05) is 18.8 Å². The van der Waals surface area contributed by atoms with E-state index >= 15 is 0 Å². The van der Waals surface area contributed by atoms with Gasteiger partial charge < -0.3 is 15.6 Å². The first-order chi connectivity index (χ1) is 8.31. The molecule has 0 bridgehead atoms. The first-order valence-electron chi connectivity index (χ1n) is 6.57. The van der Waals surface area contributed by atoms with E-state index in [9.17, 15) is 4.79 Å². The van der Waals surface area contributed by atoms with Crippen LogP contribution in [0.5, 0.6) is 0 Å². The van der Waals surface area contributed by atoms with Gasteiger partial charge >= 0.3 is 0 Å². The lowest BCUT2D eigenvalue weighted by Gasteiger charge is -2.13. The highest BCUT2D eigenvalue weighted by atomic mass is 16.1. The van der Waals surface area contributed by atoms with E-state index in [4.69, 9.17) is 5.73 Å². The van der Waals surface area contributed by atoms with Gasteiger partial charge in [-0.05, 0) is 37.7 Å². The molecule has 1 aliphatic rings. The summed E-state index contributed by atoms with van der Waals surface area (Å²) in [4.78, 5) is 12.1. The van der Waals surface area contributed by atoms with E-state index in [1.807, 2.05) is 24.6 Å². The van der Waals surface area contributed by atoms with Crippen molar-refractivity contribution < 1.29 is 4.79 Å². The molecule has 0 aromatic carbocycles. The van der Waals surface area contributed by atoms with E-state index in [1.165, 1.54) is 6.42 Å². The largest absolute Gasteiger partial charge is 0.397 e. The van der Waals surface area contributed by atoms with Crippen molar-refractivity contribution >= 4 is 11.6 Å². The average Bonchev–Trinajstić information content (AvgIpc) is 2.70. The van der Waals surface area contributed by atoms with Crippen LogP contribution in [0.1, 0.15) is 50.6 Å². The molecule has 18 heavy (non-hydrogen) atoms. The van der Waals surface area contributed by atoms with Crippen molar-refractivity contribution in [3.63, 3.8) is 0 Å². The monoisotopic (exact) mass is 249 g/mol. The number of hydrogen-bond acceptors (Lipinski definition) is 2. The van der Waals surface area contributed by atoms with Crippen LogP contribution in [0.3, 0.4) is 0 Å². The smallest absolute Gasteiger partial charge is 0.268 e. The van der Waals surface area contributed by atoms with Crippen LogP contribution < -0.4 is 11.1 Å². The summed E-state index contributed by atoms with van der Waals surface area (Å²) in [6, 6.07) is 1.98. The number of carbonyl (C=O) groups is 1. The third-order valence-corrected chi connectivity index (χ3v) is 3.89. The van der Waals surface area contributed by atoms with Crippen LogP contribution in [-0.4, -0.2) is 17.0 Å². The first kappa shape index (κ1) is 13.0. The molecule has 100 valence electrons. The van der Waals surface area contributed by atoms with Crippen LogP contribution in [-0.2, 0) is 0 Å². The molecule has 2 rings (SSSR count). The molecule has 0 spiro atoms. The molecule has 3 N–H and O–H groups in total. The third-order valence-electron chi connectivity index (χ3n) is 3.89. The molecular formula is C14H23N3O. The molecule has 4 nitrogen and oxygen atoms in total. The Kier molecular flexibility index (Phi) is 3.13. The molecule has 1 fully saturated rings. The van der Waals surface area contributed by atoms with E-state index in [0.29, 0.717) is 22.7 Å². The van der Waals surface area contributed by atoms with Gasteiger partial charge in [0.25, 0.3) is 5.91 Å². The van der Waals surface area contributed by atoms with Gasteiger partial charge in [-0.15, -0.1) is 0 Å². The molecule has 1 unspecified atom stereocenters. The predicted octanol–water partition coefficient (Wildman–Crippen LogP) is 2.43. The SMILES string of the molecule is CC(C)n1cc(N)cc1C(=O)NCC1CC1(C)C. The molecule has 0 saturated heterocycles. The van der Waals surface area contributed by atoms with Crippen molar-refractivity contribution in [1.29, 1.82) is 0 Å². The third kappa shape index (κ3) is 2.52. The predicted molar refractivity (Wildman–Crippen MR) is 73.5 cm³/mol. The Morgan fingerprint density at radius 2 is 2.22 bits per heavy atom. The number of nitrogens with one attached hydrogen (secondary N) is 1. The number of carbonyl (C=O) groups excluding carboxylic acids is 1. The zero-order valence-electron chi connectivity index (χ0n) is 11.7. The lowest BCUT2D eigenvalue weighted by Crippen LogP contribution is -2.28. The number of aromatic nitrogens is 1. The van der Waals surface area contributed by atoms with Gasteiger partial charge in [-0.3, -0.25) is 4.79 Å². The highest BCUT2D eigenvalue weighted by molar-refractivity contribution is 5.93. The summed E-state index contributed by atoms with van der Waals surface area (Å²) in [6.07, 6.45) is 3.02. The van der Waals surface area contributed by atoms with Crippen molar-refractivity contribution in [3.8, 4) is 0 Å². The Balaban J connectivity index is 2.00. The van der Waals surface area contributed by atoms with Gasteiger partial charge in [-0.25, -0.2) is 0 Å². The zero-order chi connectivity index (χ0) is 13.5. The molecule has 4 heteroatoms. The maximum absolute atomic E-state index is 12.1. The van der Waals surface area contributed by atoms with Crippen LogP contribution in [0.2, 0.25) is 0 Å². The van der Waals surface area contributed by atoms with Gasteiger partial charge in [0.05, 0.1) is 5.69 Å². The Labute approximate surface area is 109 Å². The molecule has 1 atom stereocenters. The fraction of sp³-hybridized carbons (Fsp3) is 0.643. The Bertz CT molecular complexity index is 460. The number of amides is 1. The number of anilines is 1. The zero-order valence-corrected chi connectivity index (χ0v) is 11.7. The van der Waals surface area contributed by atoms with E-state index < -0.39 is 0 Å². The quantitative estimate of drug-likeness (QED) is 0.861. The van der Waals surface area contributed by atoms with E-state index in [0.717, 1.165) is 6.54 Å². The highest BCUT2D eigenvalue weighted by Gasteiger charge is 2.45. The van der Waals surface area contributed by atoms with Gasteiger partial charge in [-0.2, -0.15) is 0 Å². The summed E-state index contributed by atoms with van der Waals surface area (Å²) in [5.74, 6) is 0.587. The van der Waals surface area contributed by atoms with Gasteiger partial charge in [0.2, 0.25) is 0 Å². The second kappa shape index (κ2) is 4.34. The summed E-state index contributed by atoms with van der Waals surface area (Å²) in [5.41, 5.74) is 7.45. The topological polar surface area (TPSA) is 60.0 Å². The minimum absolute atomic E-state index is 0.0249. The lowest BCUT2D eigenvalue weighted by atomic mass is 10.1. The van der Waals surface area contributed by atoms with Gasteiger partial charge in [-0.1, -0.05) is 13.8 Å². The average molecular weight is 249 g/mol. The number of nitrogens with zero attached hydrogens (tertiary/aromatic N) is 1. The molecule has 1 aromatic rings. The molecule has 1 aromatic heterocycles. The Morgan fingerprint density at radius 3 is 2.72 bits per heavy atom. The van der Waals surface area contributed by atoms with Gasteiger partial charge in [0.15, 0.2) is 0 Å². The molecule has 1 amide bonds. The molecular weight excluding hydrogens is 226 g/mol. The van der Waals surface area contributed by atoms with Crippen LogP contribution in [0.25, 0.3) is 0 Å². The van der Waals surface area contributed by atoms with Crippen LogP contribution in [0.4, 0.5) is 5.69 Å². The fourth-order valence-corrected chi connectivity index (χ4v) is 2.34. The minimum atomic E-state index is -0.0249. The molecule has 1 saturated carbocycles. The molecule has 0 radical (unpaired) electrons. The van der Waals surface area contributed by atoms with Crippen LogP contribution in [0.15, 0.2) is 12.3 Å². The molecule has 1 aliphatic carbocycles. The summed E-state index contributed by atoms with van der Waals surface area (Å²) in [7, 11) is 0. The number of nitrogens with two attached hydrogens (primary N) is 1. The summed E-state index contributed by atoms with van der Waals surface area (Å²) < 4.78 is 1.92. The summed E-state index contributed by atoms with van der Waals surface area (Å²) >= 11 is 0. The maximum Gasteiger partial charge on any atom is 0.268 e. The van der Waals surface area contributed by atoms with E-state index in [2.05, 4.69) is 19.2 Å². The Hall–Kier alpha value is -1.45. The number of rotatable bonds is 4. The normalized spacial score (nSPS) is 21.1. The van der Waals surface area contributed by atoms with E-state index in [1.54, 1.807) is 6.07 Å². The van der Waals surface area contributed by atoms with E-state index in [-0.39, 0.29) is 11.9 Å². The van der Waals surface area contributed by atoms with Crippen molar-refractivity contribution in [2.75, 3.05) is 12.3 Å². The van der Waals surface area contributed by atoms with Crippen molar-refractivity contribution in [2.45, 2.75) is 40.2 Å². The lowest BCUT2D eigenvalue weighted by molar-refractivity contribution is 0.0940. The number of hydrogen-bond donors (Lipinski definition) is 2. The van der Waals surface area contributed by atoms with Crippen LogP contribution >= 0.6 is 0 Å².